The molecule has 1 N–H and O–H groups in total. The Labute approximate surface area is 116 Å². The molecule has 1 aromatic carbocycles. The highest BCUT2D eigenvalue weighted by Gasteiger charge is 2.23. The smallest absolute Gasteiger partial charge is 0.323 e. The van der Waals surface area contributed by atoms with E-state index in [1.807, 2.05) is 0 Å². The topological polar surface area (TPSA) is 38.3 Å². The second-order valence-electron chi connectivity index (χ2n) is 4.27. The van der Waals surface area contributed by atoms with E-state index in [-0.39, 0.29) is 12.0 Å². The van der Waals surface area contributed by atoms with E-state index in [0.29, 0.717) is 23.1 Å². The highest BCUT2D eigenvalue weighted by molar-refractivity contribution is 6.35. The van der Waals surface area contributed by atoms with Crippen LogP contribution in [0.1, 0.15) is 18.4 Å². The second-order valence-corrected chi connectivity index (χ2v) is 5.08. The lowest BCUT2D eigenvalue weighted by Gasteiger charge is -2.11. The summed E-state index contributed by atoms with van der Waals surface area (Å²) in [5.74, 6) is -0.185. The van der Waals surface area contributed by atoms with Crippen molar-refractivity contribution in [2.75, 3.05) is 13.2 Å². The first-order valence-electron chi connectivity index (χ1n) is 6.01. The standard InChI is InChI=1S/C13H15Cl2NO2/c14-10-3-1-4-11(15)9(10)6-8-18-13(17)12-5-2-7-16-12/h1,3-4,12,16H,2,5-8H2. The van der Waals surface area contributed by atoms with E-state index >= 15 is 0 Å². The van der Waals surface area contributed by atoms with E-state index in [4.69, 9.17) is 27.9 Å². The Morgan fingerprint density at radius 2 is 2.11 bits per heavy atom. The summed E-state index contributed by atoms with van der Waals surface area (Å²) in [6, 6.07) is 5.21. The van der Waals surface area contributed by atoms with Crippen LogP contribution in [0.5, 0.6) is 0 Å². The minimum atomic E-state index is -0.185. The third kappa shape index (κ3) is 3.37. The van der Waals surface area contributed by atoms with Gasteiger partial charge in [0.05, 0.1) is 6.61 Å². The zero-order chi connectivity index (χ0) is 13.0. The van der Waals surface area contributed by atoms with Gasteiger partial charge in [0.2, 0.25) is 0 Å². The van der Waals surface area contributed by atoms with E-state index in [1.54, 1.807) is 18.2 Å². The number of benzene rings is 1. The van der Waals surface area contributed by atoms with Gasteiger partial charge in [-0.2, -0.15) is 0 Å². The number of ether oxygens (including phenoxy) is 1. The summed E-state index contributed by atoms with van der Waals surface area (Å²) in [5, 5.41) is 4.32. The maximum atomic E-state index is 11.7. The summed E-state index contributed by atoms with van der Waals surface area (Å²) in [4.78, 5) is 11.7. The van der Waals surface area contributed by atoms with Gasteiger partial charge in [0.1, 0.15) is 6.04 Å². The molecule has 1 heterocycles. The monoisotopic (exact) mass is 287 g/mol. The Balaban J connectivity index is 1.83. The normalized spacial score (nSPS) is 18.9. The molecule has 1 atom stereocenters. The number of rotatable bonds is 4. The molecule has 2 rings (SSSR count). The van der Waals surface area contributed by atoms with Gasteiger partial charge in [0, 0.05) is 16.5 Å². The lowest BCUT2D eigenvalue weighted by atomic mass is 10.1. The van der Waals surface area contributed by atoms with Gasteiger partial charge in [-0.05, 0) is 37.1 Å². The Hall–Kier alpha value is -0.770. The molecule has 18 heavy (non-hydrogen) atoms. The largest absolute Gasteiger partial charge is 0.464 e. The zero-order valence-corrected chi connectivity index (χ0v) is 11.4. The molecular formula is C13H15Cl2NO2. The van der Waals surface area contributed by atoms with E-state index in [9.17, 15) is 4.79 Å². The fourth-order valence-corrected chi connectivity index (χ4v) is 2.60. The molecule has 0 spiro atoms. The molecule has 5 heteroatoms. The molecule has 1 fully saturated rings. The molecule has 3 nitrogen and oxygen atoms in total. The van der Waals surface area contributed by atoms with E-state index in [1.165, 1.54) is 0 Å². The molecule has 1 aliphatic heterocycles. The predicted molar refractivity (Wildman–Crippen MR) is 72.1 cm³/mol. The summed E-state index contributed by atoms with van der Waals surface area (Å²) in [5.41, 5.74) is 0.827. The molecule has 0 amide bonds. The van der Waals surface area contributed by atoms with Gasteiger partial charge in [0.25, 0.3) is 0 Å². The third-order valence-electron chi connectivity index (χ3n) is 3.00. The number of nitrogens with one attached hydrogen (secondary N) is 1. The van der Waals surface area contributed by atoms with Crippen molar-refractivity contribution in [2.24, 2.45) is 0 Å². The van der Waals surface area contributed by atoms with Crippen LogP contribution in [-0.4, -0.2) is 25.2 Å². The number of halogens is 2. The van der Waals surface area contributed by atoms with Gasteiger partial charge in [-0.1, -0.05) is 29.3 Å². The molecule has 0 bridgehead atoms. The highest BCUT2D eigenvalue weighted by atomic mass is 35.5. The molecule has 1 saturated heterocycles. The lowest BCUT2D eigenvalue weighted by Crippen LogP contribution is -2.32. The minimum Gasteiger partial charge on any atom is -0.464 e. The van der Waals surface area contributed by atoms with Crippen molar-refractivity contribution in [2.45, 2.75) is 25.3 Å². The molecule has 1 unspecified atom stereocenters. The second kappa shape index (κ2) is 6.41. The first-order valence-corrected chi connectivity index (χ1v) is 6.77. The Morgan fingerprint density at radius 3 is 2.72 bits per heavy atom. The number of esters is 1. The van der Waals surface area contributed by atoms with Crippen LogP contribution in [-0.2, 0) is 16.0 Å². The van der Waals surface area contributed by atoms with Crippen LogP contribution in [0, 0.1) is 0 Å². The first kappa shape index (κ1) is 13.7. The fourth-order valence-electron chi connectivity index (χ4n) is 2.01. The maximum Gasteiger partial charge on any atom is 0.323 e. The molecule has 0 saturated carbocycles. The van der Waals surface area contributed by atoms with Crippen LogP contribution in [0.2, 0.25) is 10.0 Å². The predicted octanol–water partition coefficient (Wildman–Crippen LogP) is 2.83. The quantitative estimate of drug-likeness (QED) is 0.866. The van der Waals surface area contributed by atoms with Crippen LogP contribution in [0.25, 0.3) is 0 Å². The summed E-state index contributed by atoms with van der Waals surface area (Å²) in [6.07, 6.45) is 2.42. The van der Waals surface area contributed by atoms with Crippen molar-refractivity contribution in [3.8, 4) is 0 Å². The van der Waals surface area contributed by atoms with Crippen LogP contribution < -0.4 is 5.32 Å². The van der Waals surface area contributed by atoms with Gasteiger partial charge in [-0.25, -0.2) is 0 Å². The SMILES string of the molecule is O=C(OCCc1c(Cl)cccc1Cl)C1CCCN1. The minimum absolute atomic E-state index is 0.147. The third-order valence-corrected chi connectivity index (χ3v) is 3.71. The van der Waals surface area contributed by atoms with Crippen LogP contribution >= 0.6 is 23.2 Å². The Kier molecular flexibility index (Phi) is 4.87. The summed E-state index contributed by atoms with van der Waals surface area (Å²) in [6.45, 7) is 1.19. The average molecular weight is 288 g/mol. The molecule has 1 aliphatic rings. The molecule has 0 aliphatic carbocycles. The van der Waals surface area contributed by atoms with Crippen LogP contribution in [0.4, 0.5) is 0 Å². The molecule has 0 radical (unpaired) electrons. The van der Waals surface area contributed by atoms with Gasteiger partial charge < -0.3 is 10.1 Å². The molecular weight excluding hydrogens is 273 g/mol. The van der Waals surface area contributed by atoms with E-state index < -0.39 is 0 Å². The summed E-state index contributed by atoms with van der Waals surface area (Å²) < 4.78 is 5.22. The fraction of sp³-hybridized carbons (Fsp3) is 0.462. The maximum absolute atomic E-state index is 11.7. The number of carbonyl (C=O) groups is 1. The van der Waals surface area contributed by atoms with Crippen LogP contribution in [0.3, 0.4) is 0 Å². The number of hydrogen-bond acceptors (Lipinski definition) is 3. The lowest BCUT2D eigenvalue weighted by molar-refractivity contribution is -0.145. The Morgan fingerprint density at radius 1 is 1.39 bits per heavy atom. The summed E-state index contributed by atoms with van der Waals surface area (Å²) in [7, 11) is 0. The highest BCUT2D eigenvalue weighted by Crippen LogP contribution is 2.24. The van der Waals surface area contributed by atoms with E-state index in [0.717, 1.165) is 24.9 Å². The first-order chi connectivity index (χ1) is 8.68. The molecule has 98 valence electrons. The van der Waals surface area contributed by atoms with Crippen molar-refractivity contribution in [1.29, 1.82) is 0 Å². The molecule has 0 aromatic heterocycles. The van der Waals surface area contributed by atoms with Crippen molar-refractivity contribution in [3.05, 3.63) is 33.8 Å². The van der Waals surface area contributed by atoms with Crippen LogP contribution in [0.15, 0.2) is 18.2 Å². The Bertz CT molecular complexity index is 411. The number of hydrogen-bond donors (Lipinski definition) is 1. The van der Waals surface area contributed by atoms with Crippen molar-refractivity contribution in [1.82, 2.24) is 5.32 Å². The van der Waals surface area contributed by atoms with Gasteiger partial charge in [0.15, 0.2) is 0 Å². The average Bonchev–Trinajstić information content (AvgIpc) is 2.86. The molecule has 1 aromatic rings. The summed E-state index contributed by atoms with van der Waals surface area (Å²) >= 11 is 12.1. The van der Waals surface area contributed by atoms with Crippen molar-refractivity contribution < 1.29 is 9.53 Å². The van der Waals surface area contributed by atoms with Gasteiger partial charge >= 0.3 is 5.97 Å². The van der Waals surface area contributed by atoms with Gasteiger partial charge in [-0.15, -0.1) is 0 Å². The van der Waals surface area contributed by atoms with Gasteiger partial charge in [-0.3, -0.25) is 4.79 Å². The zero-order valence-electron chi connectivity index (χ0n) is 9.92. The van der Waals surface area contributed by atoms with Crippen molar-refractivity contribution in [3.63, 3.8) is 0 Å². The van der Waals surface area contributed by atoms with Crippen molar-refractivity contribution >= 4 is 29.2 Å². The number of carbonyl (C=O) groups excluding carboxylic acids is 1. The van der Waals surface area contributed by atoms with E-state index in [2.05, 4.69) is 5.32 Å².